The van der Waals surface area contributed by atoms with Gasteiger partial charge in [0, 0.05) is 44.5 Å². The molecule has 1 fully saturated rings. The molecule has 222 valence electrons. The Balaban J connectivity index is 0.00000196. The van der Waals surface area contributed by atoms with E-state index in [9.17, 15) is 0 Å². The Hall–Kier alpha value is -2.58. The Morgan fingerprint density at radius 1 is 0.756 bits per heavy atom. The van der Waals surface area contributed by atoms with Crippen LogP contribution in [-0.2, 0) is 4.74 Å². The number of methoxy groups -OCH3 is 2. The molecular formula is C32H41Cl3N4O2. The quantitative estimate of drug-likeness (QED) is 0.216. The molecule has 1 N–H and O–H groups in total. The Kier molecular flexibility index (Phi) is 13.6. The third kappa shape index (κ3) is 7.83. The maximum atomic E-state index is 5.91. The van der Waals surface area contributed by atoms with Crippen molar-refractivity contribution in [2.24, 2.45) is 0 Å². The summed E-state index contributed by atoms with van der Waals surface area (Å²) < 4.78 is 11.3. The number of piperazine rings is 1. The van der Waals surface area contributed by atoms with Gasteiger partial charge in [0.05, 0.1) is 31.0 Å². The molecule has 0 saturated carbocycles. The fraction of sp³-hybridized carbons (Fsp3) is 0.344. The number of rotatable bonds is 9. The van der Waals surface area contributed by atoms with E-state index < -0.39 is 0 Å². The van der Waals surface area contributed by atoms with Gasteiger partial charge in [-0.3, -0.25) is 9.80 Å². The minimum atomic E-state index is 0. The molecule has 2 heterocycles. The van der Waals surface area contributed by atoms with Gasteiger partial charge in [0.15, 0.2) is 0 Å². The largest absolute Gasteiger partial charge is 0.497 e. The summed E-state index contributed by atoms with van der Waals surface area (Å²) >= 11 is 0. The fourth-order valence-electron chi connectivity index (χ4n) is 5.65. The summed E-state index contributed by atoms with van der Waals surface area (Å²) in [7, 11) is 3.48. The summed E-state index contributed by atoms with van der Waals surface area (Å²) in [4.78, 5) is 13.8. The van der Waals surface area contributed by atoms with E-state index in [0.717, 1.165) is 54.7 Å². The second-order valence-corrected chi connectivity index (χ2v) is 10.0. The van der Waals surface area contributed by atoms with Crippen molar-refractivity contribution >= 4 is 37.2 Å². The molecule has 2 unspecified atom stereocenters. The molecule has 2 atom stereocenters. The van der Waals surface area contributed by atoms with E-state index in [0.29, 0.717) is 0 Å². The van der Waals surface area contributed by atoms with Crippen molar-refractivity contribution in [1.82, 2.24) is 19.8 Å². The zero-order valence-corrected chi connectivity index (χ0v) is 26.5. The van der Waals surface area contributed by atoms with Crippen LogP contribution in [-0.4, -0.2) is 66.3 Å². The third-order valence-corrected chi connectivity index (χ3v) is 7.70. The molecule has 1 aromatic heterocycles. The first-order valence-electron chi connectivity index (χ1n) is 13.4. The first-order valence-corrected chi connectivity index (χ1v) is 13.4. The van der Waals surface area contributed by atoms with Gasteiger partial charge in [-0.1, -0.05) is 72.8 Å². The molecule has 3 aromatic carbocycles. The Labute approximate surface area is 262 Å². The predicted octanol–water partition coefficient (Wildman–Crippen LogP) is 7.14. The van der Waals surface area contributed by atoms with Gasteiger partial charge in [0.1, 0.15) is 11.6 Å². The molecular weight excluding hydrogens is 579 g/mol. The van der Waals surface area contributed by atoms with Crippen LogP contribution in [0.2, 0.25) is 0 Å². The number of aromatic amines is 1. The van der Waals surface area contributed by atoms with Gasteiger partial charge in [0.25, 0.3) is 0 Å². The van der Waals surface area contributed by atoms with Gasteiger partial charge < -0.3 is 14.5 Å². The lowest BCUT2D eigenvalue weighted by atomic mass is 9.96. The van der Waals surface area contributed by atoms with E-state index in [1.165, 1.54) is 11.1 Å². The highest BCUT2D eigenvalue weighted by Crippen LogP contribution is 2.34. The van der Waals surface area contributed by atoms with Gasteiger partial charge in [-0.2, -0.15) is 0 Å². The van der Waals surface area contributed by atoms with Crippen LogP contribution in [0.5, 0.6) is 5.75 Å². The Morgan fingerprint density at radius 2 is 1.32 bits per heavy atom. The van der Waals surface area contributed by atoms with Crippen molar-refractivity contribution in [3.63, 3.8) is 0 Å². The third-order valence-electron chi connectivity index (χ3n) is 7.70. The summed E-state index contributed by atoms with van der Waals surface area (Å²) in [5.74, 6) is 1.68. The minimum Gasteiger partial charge on any atom is -0.497 e. The van der Waals surface area contributed by atoms with Gasteiger partial charge in [-0.15, -0.1) is 37.2 Å². The first kappa shape index (κ1) is 34.6. The molecule has 0 aliphatic carbocycles. The van der Waals surface area contributed by atoms with Crippen LogP contribution in [0.1, 0.15) is 41.5 Å². The summed E-state index contributed by atoms with van der Waals surface area (Å²) in [5.41, 5.74) is 5.81. The number of hydrogen-bond donors (Lipinski definition) is 1. The smallest absolute Gasteiger partial charge is 0.138 e. The van der Waals surface area contributed by atoms with E-state index in [1.54, 1.807) is 14.2 Å². The van der Waals surface area contributed by atoms with Crippen molar-refractivity contribution < 1.29 is 9.47 Å². The zero-order valence-electron chi connectivity index (χ0n) is 24.0. The predicted molar refractivity (Wildman–Crippen MR) is 174 cm³/mol. The maximum absolute atomic E-state index is 5.91. The lowest BCUT2D eigenvalue weighted by molar-refractivity contribution is -0.00439. The number of nitrogens with one attached hydrogen (secondary N) is 1. The van der Waals surface area contributed by atoms with E-state index in [1.807, 2.05) is 18.2 Å². The summed E-state index contributed by atoms with van der Waals surface area (Å²) in [5, 5.41) is 0. The standard InChI is InChI=1S/C32H38N4O2.3ClH/c1-23-29(34-32(33-23)27-16-11-17-28(22-27)38-4)30(24(2)37-3)35-18-20-36(21-19-35)31(25-12-7-5-8-13-25)26-14-9-6-10-15-26;;;/h5-17,22,24,30-31H,18-21H2,1-4H3,(H,33,34);3*1H. The summed E-state index contributed by atoms with van der Waals surface area (Å²) in [6.07, 6.45) is 0.000697. The first-order chi connectivity index (χ1) is 18.6. The molecule has 0 amide bonds. The number of aryl methyl sites for hydroxylation is 1. The maximum Gasteiger partial charge on any atom is 0.138 e. The van der Waals surface area contributed by atoms with Crippen LogP contribution in [0.25, 0.3) is 11.4 Å². The van der Waals surface area contributed by atoms with Crippen molar-refractivity contribution in [2.75, 3.05) is 40.4 Å². The number of halogens is 3. The number of nitrogens with zero attached hydrogens (tertiary/aromatic N) is 3. The SMILES string of the molecule is COc1cccc(-c2nc(C(C(C)OC)N3CCN(C(c4ccccc4)c4ccccc4)CC3)c(C)[nH]2)c1.Cl.Cl.Cl. The topological polar surface area (TPSA) is 53.6 Å². The van der Waals surface area contributed by atoms with Crippen LogP contribution >= 0.6 is 37.2 Å². The van der Waals surface area contributed by atoms with Gasteiger partial charge in [0.2, 0.25) is 0 Å². The summed E-state index contributed by atoms with van der Waals surface area (Å²) in [6, 6.07) is 30.0. The lowest BCUT2D eigenvalue weighted by Crippen LogP contribution is -2.51. The molecule has 1 saturated heterocycles. The van der Waals surface area contributed by atoms with Gasteiger partial charge >= 0.3 is 0 Å². The van der Waals surface area contributed by atoms with Crippen molar-refractivity contribution in [3.05, 3.63) is 107 Å². The van der Waals surface area contributed by atoms with Crippen LogP contribution in [0.3, 0.4) is 0 Å². The summed E-state index contributed by atoms with van der Waals surface area (Å²) in [6.45, 7) is 8.07. The van der Waals surface area contributed by atoms with Crippen LogP contribution in [0, 0.1) is 6.92 Å². The van der Waals surface area contributed by atoms with Crippen molar-refractivity contribution in [2.45, 2.75) is 32.0 Å². The van der Waals surface area contributed by atoms with Gasteiger partial charge in [-0.25, -0.2) is 4.98 Å². The van der Waals surface area contributed by atoms with Crippen LogP contribution < -0.4 is 4.74 Å². The number of H-pyrrole nitrogens is 1. The molecule has 0 bridgehead atoms. The lowest BCUT2D eigenvalue weighted by Gasteiger charge is -2.43. The van der Waals surface area contributed by atoms with Gasteiger partial charge in [-0.05, 0) is 37.1 Å². The normalized spacial score (nSPS) is 15.2. The molecule has 4 aromatic rings. The van der Waals surface area contributed by atoms with Crippen LogP contribution in [0.4, 0.5) is 0 Å². The highest BCUT2D eigenvalue weighted by molar-refractivity contribution is 5.86. The Bertz CT molecular complexity index is 1280. The second kappa shape index (κ2) is 16.2. The van der Waals surface area contributed by atoms with Crippen LogP contribution in [0.15, 0.2) is 84.9 Å². The number of imidazole rings is 1. The van der Waals surface area contributed by atoms with E-state index in [-0.39, 0.29) is 55.4 Å². The van der Waals surface area contributed by atoms with E-state index in [4.69, 9.17) is 14.5 Å². The minimum absolute atomic E-state index is 0. The molecule has 0 radical (unpaired) electrons. The average molecular weight is 620 g/mol. The zero-order chi connectivity index (χ0) is 26.5. The monoisotopic (exact) mass is 618 g/mol. The van der Waals surface area contributed by atoms with Crippen molar-refractivity contribution in [3.8, 4) is 17.1 Å². The van der Waals surface area contributed by atoms with E-state index in [2.05, 4.69) is 95.4 Å². The average Bonchev–Trinajstić information content (AvgIpc) is 3.36. The number of ether oxygens (including phenoxy) is 2. The molecule has 6 nitrogen and oxygen atoms in total. The van der Waals surface area contributed by atoms with Crippen molar-refractivity contribution in [1.29, 1.82) is 0 Å². The second-order valence-electron chi connectivity index (χ2n) is 10.0. The molecule has 1 aliphatic heterocycles. The number of hydrogen-bond acceptors (Lipinski definition) is 5. The Morgan fingerprint density at radius 3 is 1.85 bits per heavy atom. The van der Waals surface area contributed by atoms with E-state index >= 15 is 0 Å². The fourth-order valence-corrected chi connectivity index (χ4v) is 5.65. The molecule has 41 heavy (non-hydrogen) atoms. The molecule has 0 spiro atoms. The number of aromatic nitrogens is 2. The highest BCUT2D eigenvalue weighted by Gasteiger charge is 2.34. The molecule has 5 rings (SSSR count). The number of benzene rings is 3. The molecule has 9 heteroatoms. The molecule has 1 aliphatic rings. The highest BCUT2D eigenvalue weighted by atomic mass is 35.5.